The molecule has 10 heteroatoms. The van der Waals surface area contributed by atoms with E-state index in [4.69, 9.17) is 0 Å². The van der Waals surface area contributed by atoms with E-state index in [2.05, 4.69) is 0 Å². The lowest BCUT2D eigenvalue weighted by Crippen LogP contribution is -2.48. The zero-order chi connectivity index (χ0) is 26.0. The van der Waals surface area contributed by atoms with Crippen molar-refractivity contribution in [1.29, 1.82) is 0 Å². The monoisotopic (exact) mass is 499 g/mol. The van der Waals surface area contributed by atoms with Crippen molar-refractivity contribution in [1.82, 2.24) is 9.47 Å². The van der Waals surface area contributed by atoms with Gasteiger partial charge in [-0.15, -0.1) is 0 Å². The van der Waals surface area contributed by atoms with E-state index in [1.165, 1.54) is 30.0 Å². The third kappa shape index (κ3) is 4.84. The Morgan fingerprint density at radius 1 is 1.08 bits per heavy atom. The minimum absolute atomic E-state index is 0.0475. The van der Waals surface area contributed by atoms with Crippen molar-refractivity contribution >= 4 is 34.4 Å². The number of fused-ring (bicyclic) bond motifs is 1. The topological polar surface area (TPSA) is 82.8 Å². The number of ketones is 1. The van der Waals surface area contributed by atoms with E-state index >= 15 is 8.78 Å². The summed E-state index contributed by atoms with van der Waals surface area (Å²) >= 11 is 0. The zero-order valence-electron chi connectivity index (χ0n) is 19.5. The minimum atomic E-state index is -1.02. The molecule has 1 N–H and O–H groups in total. The number of phenolic OH excluding ortho intramolecular Hbond substituents is 1. The predicted molar refractivity (Wildman–Crippen MR) is 130 cm³/mol. The number of nitrogens with zero attached hydrogens (tertiary/aromatic N) is 3. The molecule has 7 nitrogen and oxygen atoms in total. The van der Waals surface area contributed by atoms with Gasteiger partial charge in [-0.1, -0.05) is 18.2 Å². The van der Waals surface area contributed by atoms with Crippen LogP contribution in [-0.4, -0.2) is 59.1 Å². The number of amides is 1. The molecule has 1 aliphatic heterocycles. The zero-order valence-corrected chi connectivity index (χ0v) is 19.5. The summed E-state index contributed by atoms with van der Waals surface area (Å²) in [5, 5.41) is 9.00. The molecule has 36 heavy (non-hydrogen) atoms. The van der Waals surface area contributed by atoms with Gasteiger partial charge in [-0.3, -0.25) is 14.4 Å². The standard InChI is InChI=1S/C26H24F3N3O4/c1-16(33)30-10-12-31(13-11-30)25-21(28)14-19-24(23(25)29)32(9-8-27)15-20(26(19)36)22(35)7-4-17-2-5-18(34)6-3-17/h2-7,14-15,34H,8-13H2,1H3. The molecule has 1 aromatic heterocycles. The number of benzene rings is 2. The van der Waals surface area contributed by atoms with Gasteiger partial charge in [-0.2, -0.15) is 0 Å². The van der Waals surface area contributed by atoms with Crippen molar-refractivity contribution < 1.29 is 27.9 Å². The molecule has 0 bridgehead atoms. The highest BCUT2D eigenvalue weighted by molar-refractivity contribution is 6.08. The molecule has 0 unspecified atom stereocenters. The van der Waals surface area contributed by atoms with Crippen LogP contribution in [0.15, 0.2) is 47.4 Å². The fraction of sp³-hybridized carbons (Fsp3) is 0.269. The molecule has 0 atom stereocenters. The Labute approximate surface area is 204 Å². The molecule has 0 saturated carbocycles. The number of allylic oxidation sites excluding steroid dienone is 1. The van der Waals surface area contributed by atoms with Gasteiger partial charge in [0.25, 0.3) is 0 Å². The first-order valence-electron chi connectivity index (χ1n) is 11.3. The summed E-state index contributed by atoms with van der Waals surface area (Å²) in [7, 11) is 0. The molecule has 0 radical (unpaired) electrons. The molecular weight excluding hydrogens is 475 g/mol. The van der Waals surface area contributed by atoms with Gasteiger partial charge in [0.1, 0.15) is 23.9 Å². The fourth-order valence-corrected chi connectivity index (χ4v) is 4.30. The quantitative estimate of drug-likeness (QED) is 0.415. The van der Waals surface area contributed by atoms with E-state index in [0.29, 0.717) is 5.56 Å². The van der Waals surface area contributed by atoms with Crippen molar-refractivity contribution in [2.24, 2.45) is 0 Å². The number of rotatable bonds is 6. The summed E-state index contributed by atoms with van der Waals surface area (Å²) in [4.78, 5) is 40.5. The molecule has 1 aliphatic rings. The summed E-state index contributed by atoms with van der Waals surface area (Å²) in [5.74, 6) is -2.81. The van der Waals surface area contributed by atoms with Gasteiger partial charge in [-0.25, -0.2) is 13.2 Å². The number of aromatic hydroxyl groups is 1. The van der Waals surface area contributed by atoms with Crippen molar-refractivity contribution in [3.8, 4) is 5.75 Å². The lowest BCUT2D eigenvalue weighted by Gasteiger charge is -2.36. The number of aromatic nitrogens is 1. The fourth-order valence-electron chi connectivity index (χ4n) is 4.30. The highest BCUT2D eigenvalue weighted by atomic mass is 19.1. The van der Waals surface area contributed by atoms with Gasteiger partial charge in [0, 0.05) is 39.3 Å². The van der Waals surface area contributed by atoms with Crippen molar-refractivity contribution in [3.63, 3.8) is 0 Å². The molecule has 1 fully saturated rings. The average molecular weight is 499 g/mol. The van der Waals surface area contributed by atoms with E-state index in [0.717, 1.165) is 22.9 Å². The van der Waals surface area contributed by atoms with E-state index < -0.39 is 29.5 Å². The van der Waals surface area contributed by atoms with E-state index in [1.807, 2.05) is 0 Å². The number of pyridine rings is 1. The first-order chi connectivity index (χ1) is 17.2. The molecular formula is C26H24F3N3O4. The summed E-state index contributed by atoms with van der Waals surface area (Å²) in [5.41, 5.74) is -1.29. The van der Waals surface area contributed by atoms with Gasteiger partial charge < -0.3 is 19.5 Å². The Bertz CT molecular complexity index is 1410. The Balaban J connectivity index is 1.77. The van der Waals surface area contributed by atoms with Gasteiger partial charge in [0.05, 0.1) is 23.0 Å². The van der Waals surface area contributed by atoms with Crippen LogP contribution in [0.3, 0.4) is 0 Å². The number of hydrogen-bond acceptors (Lipinski definition) is 5. The number of anilines is 1. The third-order valence-corrected chi connectivity index (χ3v) is 6.18. The Morgan fingerprint density at radius 3 is 2.36 bits per heavy atom. The number of hydrogen-bond donors (Lipinski definition) is 1. The first-order valence-corrected chi connectivity index (χ1v) is 11.3. The van der Waals surface area contributed by atoms with Crippen molar-refractivity contribution in [2.45, 2.75) is 13.5 Å². The number of carbonyl (C=O) groups excluding carboxylic acids is 2. The highest BCUT2D eigenvalue weighted by Gasteiger charge is 2.27. The maximum absolute atomic E-state index is 15.7. The number of halogens is 3. The smallest absolute Gasteiger partial charge is 0.219 e. The van der Waals surface area contributed by atoms with Crippen LogP contribution in [0.4, 0.5) is 18.9 Å². The Morgan fingerprint density at radius 2 is 1.75 bits per heavy atom. The number of phenols is 1. The normalized spacial score (nSPS) is 14.1. The number of carbonyl (C=O) groups is 2. The predicted octanol–water partition coefficient (Wildman–Crippen LogP) is 3.52. The van der Waals surface area contributed by atoms with Gasteiger partial charge >= 0.3 is 0 Å². The first kappa shape index (κ1) is 25.0. The van der Waals surface area contributed by atoms with Crippen molar-refractivity contribution in [2.75, 3.05) is 37.8 Å². The van der Waals surface area contributed by atoms with Gasteiger partial charge in [-0.05, 0) is 29.8 Å². The van der Waals surface area contributed by atoms with Crippen LogP contribution in [0.2, 0.25) is 0 Å². The van der Waals surface area contributed by atoms with Crippen molar-refractivity contribution in [3.05, 3.63) is 75.6 Å². The Hall–Kier alpha value is -4.08. The van der Waals surface area contributed by atoms with Crippen LogP contribution in [0.25, 0.3) is 17.0 Å². The average Bonchev–Trinajstić information content (AvgIpc) is 2.85. The van der Waals surface area contributed by atoms with E-state index in [-0.39, 0.29) is 66.5 Å². The van der Waals surface area contributed by atoms with Crippen LogP contribution in [-0.2, 0) is 11.3 Å². The third-order valence-electron chi connectivity index (χ3n) is 6.18. The highest BCUT2D eigenvalue weighted by Crippen LogP contribution is 2.31. The Kier molecular flexibility index (Phi) is 7.14. The molecule has 0 spiro atoms. The van der Waals surface area contributed by atoms with Crippen LogP contribution in [0, 0.1) is 11.6 Å². The molecule has 4 rings (SSSR count). The summed E-state index contributed by atoms with van der Waals surface area (Å²) < 4.78 is 45.3. The maximum Gasteiger partial charge on any atom is 0.219 e. The summed E-state index contributed by atoms with van der Waals surface area (Å²) in [6, 6.07) is 6.85. The molecule has 0 aliphatic carbocycles. The molecule has 1 saturated heterocycles. The molecule has 2 heterocycles. The number of aryl methyl sites for hydroxylation is 1. The lowest BCUT2D eigenvalue weighted by atomic mass is 10.0. The van der Waals surface area contributed by atoms with Crippen LogP contribution >= 0.6 is 0 Å². The number of alkyl halides is 1. The second-order valence-corrected chi connectivity index (χ2v) is 8.45. The number of piperazine rings is 1. The molecule has 2 aromatic carbocycles. The van der Waals surface area contributed by atoms with Crippen LogP contribution in [0.1, 0.15) is 22.8 Å². The second kappa shape index (κ2) is 10.3. The maximum atomic E-state index is 15.7. The lowest BCUT2D eigenvalue weighted by molar-refractivity contribution is -0.129. The summed E-state index contributed by atoms with van der Waals surface area (Å²) in [6.07, 6.45) is 3.65. The second-order valence-electron chi connectivity index (χ2n) is 8.45. The minimum Gasteiger partial charge on any atom is -0.508 e. The molecule has 188 valence electrons. The van der Waals surface area contributed by atoms with Gasteiger partial charge in [0.2, 0.25) is 11.3 Å². The van der Waals surface area contributed by atoms with Crippen LogP contribution in [0.5, 0.6) is 5.75 Å². The van der Waals surface area contributed by atoms with E-state index in [9.17, 15) is 23.9 Å². The largest absolute Gasteiger partial charge is 0.508 e. The van der Waals surface area contributed by atoms with Crippen LogP contribution < -0.4 is 10.3 Å². The van der Waals surface area contributed by atoms with Gasteiger partial charge in [0.15, 0.2) is 11.6 Å². The van der Waals surface area contributed by atoms with E-state index in [1.54, 1.807) is 17.0 Å². The molecule has 3 aromatic rings. The summed E-state index contributed by atoms with van der Waals surface area (Å²) in [6.45, 7) is 1.10. The SMILES string of the molecule is CC(=O)N1CCN(c2c(F)cc3c(=O)c(C(=O)C=Cc4ccc(O)cc4)cn(CCF)c3c2F)CC1. The molecule has 1 amide bonds.